The van der Waals surface area contributed by atoms with E-state index in [1.54, 1.807) is 0 Å². The van der Waals surface area contributed by atoms with Gasteiger partial charge in [0.1, 0.15) is 0 Å². The van der Waals surface area contributed by atoms with E-state index in [9.17, 15) is 0 Å². The molecule has 282 valence electrons. The predicted molar refractivity (Wildman–Crippen MR) is 250 cm³/mol. The van der Waals surface area contributed by atoms with Gasteiger partial charge in [0.25, 0.3) is 0 Å². The van der Waals surface area contributed by atoms with E-state index in [-0.39, 0.29) is 5.41 Å². The van der Waals surface area contributed by atoms with Crippen LogP contribution >= 0.6 is 0 Å². The number of benzene rings is 9. The summed E-state index contributed by atoms with van der Waals surface area (Å²) >= 11 is 0. The summed E-state index contributed by atoms with van der Waals surface area (Å²) in [4.78, 5) is 11.0. The molecule has 9 aromatic carbocycles. The molecule has 3 aromatic heterocycles. The van der Waals surface area contributed by atoms with Crippen LogP contribution in [0.5, 0.6) is 0 Å². The van der Waals surface area contributed by atoms with Crippen molar-refractivity contribution in [1.82, 2.24) is 19.1 Å². The maximum absolute atomic E-state index is 5.55. The summed E-state index contributed by atoms with van der Waals surface area (Å²) in [5, 5.41) is 9.81. The summed E-state index contributed by atoms with van der Waals surface area (Å²) in [5.74, 6) is 0.857. The van der Waals surface area contributed by atoms with E-state index in [4.69, 9.17) is 9.97 Å². The Morgan fingerprint density at radius 1 is 0.450 bits per heavy atom. The minimum atomic E-state index is -0.0511. The molecule has 1 aliphatic carbocycles. The molecule has 3 heterocycles. The Bertz CT molecular complexity index is 3790. The molecular formula is C56H38N4. The van der Waals surface area contributed by atoms with Gasteiger partial charge in [-0.05, 0) is 80.4 Å². The first-order valence-corrected chi connectivity index (χ1v) is 20.9. The molecule has 12 aromatic rings. The van der Waals surface area contributed by atoms with Crippen molar-refractivity contribution in [3.8, 4) is 22.6 Å². The number of para-hydroxylation sites is 3. The minimum Gasteiger partial charge on any atom is -0.309 e. The summed E-state index contributed by atoms with van der Waals surface area (Å²) < 4.78 is 4.86. The van der Waals surface area contributed by atoms with Crippen molar-refractivity contribution in [3.05, 3.63) is 204 Å². The molecule has 1 aliphatic rings. The highest BCUT2D eigenvalue weighted by molar-refractivity contribution is 6.22. The lowest BCUT2D eigenvalue weighted by atomic mass is 9.82. The van der Waals surface area contributed by atoms with E-state index in [1.807, 2.05) is 0 Å². The van der Waals surface area contributed by atoms with Crippen molar-refractivity contribution in [2.45, 2.75) is 25.7 Å². The van der Waals surface area contributed by atoms with Crippen LogP contribution in [0.1, 0.15) is 36.2 Å². The van der Waals surface area contributed by atoms with Crippen molar-refractivity contribution in [2.75, 3.05) is 0 Å². The lowest BCUT2D eigenvalue weighted by molar-refractivity contribution is 0.660. The van der Waals surface area contributed by atoms with Gasteiger partial charge in [-0.2, -0.15) is 0 Å². The molecule has 0 atom stereocenters. The molecule has 4 nitrogen and oxygen atoms in total. The summed E-state index contributed by atoms with van der Waals surface area (Å²) in [6.07, 6.45) is 0.635. The molecule has 0 saturated heterocycles. The summed E-state index contributed by atoms with van der Waals surface area (Å²) in [6, 6.07) is 66.6. The van der Waals surface area contributed by atoms with Gasteiger partial charge < -0.3 is 4.57 Å². The van der Waals surface area contributed by atoms with Gasteiger partial charge in [-0.15, -0.1) is 0 Å². The Balaban J connectivity index is 1.11. The standard InChI is InChI=1S/C56H38N4/c1-56(2)45-19-9-7-17-40(45)44-31-34(23-29-46(44)56)32-49-55(58-48-21-11-10-20-47(48)57-49)60-51-30-25-35-13-3-5-15-38(35)53(51)43-28-26-37(33-52(43)60)59-50-22-12-8-18-41(50)42-27-24-36-14-4-6-16-39(36)54(42)59/h3-31,33H,32H2,1-2H3. The third kappa shape index (κ3) is 4.62. The summed E-state index contributed by atoms with van der Waals surface area (Å²) in [5.41, 5.74) is 15.0. The van der Waals surface area contributed by atoms with Gasteiger partial charge >= 0.3 is 0 Å². The van der Waals surface area contributed by atoms with Crippen LogP contribution in [0.25, 0.3) is 98.8 Å². The molecule has 0 fully saturated rings. The van der Waals surface area contributed by atoms with Crippen LogP contribution in [0, 0.1) is 0 Å². The first-order chi connectivity index (χ1) is 29.5. The highest BCUT2D eigenvalue weighted by Gasteiger charge is 2.35. The van der Waals surface area contributed by atoms with E-state index in [1.165, 1.54) is 81.9 Å². The number of fused-ring (bicyclic) bond motifs is 14. The highest BCUT2D eigenvalue weighted by atomic mass is 15.1. The molecule has 13 rings (SSSR count). The second-order valence-electron chi connectivity index (χ2n) is 17.0. The molecule has 0 saturated carbocycles. The quantitative estimate of drug-likeness (QED) is 0.179. The van der Waals surface area contributed by atoms with Gasteiger partial charge in [-0.3, -0.25) is 4.57 Å². The zero-order chi connectivity index (χ0) is 39.7. The molecular weight excluding hydrogens is 729 g/mol. The normalized spacial score (nSPS) is 13.4. The van der Waals surface area contributed by atoms with Crippen molar-refractivity contribution in [1.29, 1.82) is 0 Å². The summed E-state index contributed by atoms with van der Waals surface area (Å²) in [6.45, 7) is 4.68. The fourth-order valence-electron chi connectivity index (χ4n) is 10.5. The minimum absolute atomic E-state index is 0.0511. The van der Waals surface area contributed by atoms with Crippen molar-refractivity contribution in [2.24, 2.45) is 0 Å². The van der Waals surface area contributed by atoms with E-state index < -0.39 is 0 Å². The van der Waals surface area contributed by atoms with Crippen molar-refractivity contribution >= 4 is 76.2 Å². The fraction of sp³-hybridized carbons (Fsp3) is 0.0714. The van der Waals surface area contributed by atoms with Crippen LogP contribution in [0.2, 0.25) is 0 Å². The molecule has 0 bridgehead atoms. The van der Waals surface area contributed by atoms with Crippen LogP contribution < -0.4 is 0 Å². The Morgan fingerprint density at radius 3 is 1.98 bits per heavy atom. The van der Waals surface area contributed by atoms with E-state index in [0.717, 1.165) is 39.3 Å². The first-order valence-electron chi connectivity index (χ1n) is 20.9. The number of hydrogen-bond acceptors (Lipinski definition) is 2. The predicted octanol–water partition coefficient (Wildman–Crippen LogP) is 14.0. The lowest BCUT2D eigenvalue weighted by Gasteiger charge is -2.21. The molecule has 4 heteroatoms. The van der Waals surface area contributed by atoms with E-state index >= 15 is 0 Å². The summed E-state index contributed by atoms with van der Waals surface area (Å²) in [7, 11) is 0. The lowest BCUT2D eigenvalue weighted by Crippen LogP contribution is -2.14. The largest absolute Gasteiger partial charge is 0.309 e. The number of nitrogens with zero attached hydrogens (tertiary/aromatic N) is 4. The Labute approximate surface area is 346 Å². The molecule has 0 aliphatic heterocycles. The number of aromatic nitrogens is 4. The zero-order valence-electron chi connectivity index (χ0n) is 33.3. The monoisotopic (exact) mass is 766 g/mol. The number of rotatable bonds is 4. The van der Waals surface area contributed by atoms with Gasteiger partial charge in [0, 0.05) is 44.5 Å². The van der Waals surface area contributed by atoms with Crippen LogP contribution in [-0.4, -0.2) is 19.1 Å². The number of hydrogen-bond donors (Lipinski definition) is 0. The Kier molecular flexibility index (Phi) is 6.81. The van der Waals surface area contributed by atoms with Crippen molar-refractivity contribution < 1.29 is 0 Å². The van der Waals surface area contributed by atoms with Gasteiger partial charge in [-0.25, -0.2) is 9.97 Å². The highest BCUT2D eigenvalue weighted by Crippen LogP contribution is 2.49. The molecule has 0 unspecified atom stereocenters. The van der Waals surface area contributed by atoms with Gasteiger partial charge in [0.15, 0.2) is 5.82 Å². The maximum Gasteiger partial charge on any atom is 0.160 e. The Morgan fingerprint density at radius 2 is 1.12 bits per heavy atom. The molecule has 0 N–H and O–H groups in total. The topological polar surface area (TPSA) is 35.6 Å². The van der Waals surface area contributed by atoms with Gasteiger partial charge in [-0.1, -0.05) is 159 Å². The SMILES string of the molecule is CC1(C)c2ccccc2-c2cc(Cc3nc4ccccc4nc3-n3c4cc(-n5c6ccccc6c6ccc7ccccc7c65)ccc4c4c5ccccc5ccc43)ccc21. The smallest absolute Gasteiger partial charge is 0.160 e. The average molecular weight is 767 g/mol. The fourth-order valence-corrected chi connectivity index (χ4v) is 10.5. The van der Waals surface area contributed by atoms with E-state index in [0.29, 0.717) is 6.42 Å². The third-order valence-corrected chi connectivity index (χ3v) is 13.3. The van der Waals surface area contributed by atoms with E-state index in [2.05, 4.69) is 205 Å². The van der Waals surface area contributed by atoms with Crippen molar-refractivity contribution in [3.63, 3.8) is 0 Å². The van der Waals surface area contributed by atoms with Crippen LogP contribution in [0.3, 0.4) is 0 Å². The molecule has 0 radical (unpaired) electrons. The third-order valence-electron chi connectivity index (χ3n) is 13.3. The second-order valence-corrected chi connectivity index (χ2v) is 17.0. The van der Waals surface area contributed by atoms with Crippen LogP contribution in [0.4, 0.5) is 0 Å². The van der Waals surface area contributed by atoms with Gasteiger partial charge in [0.2, 0.25) is 0 Å². The molecule has 0 spiro atoms. The molecule has 0 amide bonds. The zero-order valence-corrected chi connectivity index (χ0v) is 33.3. The Hall–Kier alpha value is -7.56. The van der Waals surface area contributed by atoms with Gasteiger partial charge in [0.05, 0.1) is 38.8 Å². The second kappa shape index (κ2) is 12.2. The van der Waals surface area contributed by atoms with Crippen LogP contribution in [0.15, 0.2) is 182 Å². The average Bonchev–Trinajstić information content (AvgIpc) is 3.89. The molecule has 60 heavy (non-hydrogen) atoms. The first kappa shape index (κ1) is 33.4. The maximum atomic E-state index is 5.55. The van der Waals surface area contributed by atoms with Crippen LogP contribution in [-0.2, 0) is 11.8 Å².